The van der Waals surface area contributed by atoms with E-state index in [9.17, 15) is 9.59 Å². The van der Waals surface area contributed by atoms with E-state index in [0.29, 0.717) is 23.1 Å². The van der Waals surface area contributed by atoms with Crippen LogP contribution in [0, 0.1) is 6.92 Å². The van der Waals surface area contributed by atoms with Gasteiger partial charge in [0.2, 0.25) is 11.8 Å². The van der Waals surface area contributed by atoms with Crippen LogP contribution in [0.5, 0.6) is 5.75 Å². The zero-order valence-corrected chi connectivity index (χ0v) is 14.3. The summed E-state index contributed by atoms with van der Waals surface area (Å²) in [5.74, 6) is 0.110. The fourth-order valence-corrected chi connectivity index (χ4v) is 2.90. The highest BCUT2D eigenvalue weighted by Gasteiger charge is 2.20. The number of aryl methyl sites for hydroxylation is 1. The molecule has 1 aromatic carbocycles. The lowest BCUT2D eigenvalue weighted by Crippen LogP contribution is -2.16. The number of nitrogens with zero attached hydrogens (tertiary/aromatic N) is 1. The molecule has 2 aromatic heterocycles. The second kappa shape index (κ2) is 6.78. The summed E-state index contributed by atoms with van der Waals surface area (Å²) in [7, 11) is 1.46. The first-order valence-corrected chi connectivity index (χ1v) is 8.18. The number of primary amides is 1. The van der Waals surface area contributed by atoms with Gasteiger partial charge < -0.3 is 20.2 Å². The largest absolute Gasteiger partial charge is 0.495 e. The van der Waals surface area contributed by atoms with Crippen LogP contribution in [0.3, 0.4) is 0 Å². The van der Waals surface area contributed by atoms with E-state index in [-0.39, 0.29) is 11.3 Å². The maximum absolute atomic E-state index is 12.6. The number of nitrogens with two attached hydrogens (primary N) is 1. The van der Waals surface area contributed by atoms with Gasteiger partial charge in [-0.25, -0.2) is 4.98 Å². The molecule has 25 heavy (non-hydrogen) atoms. The van der Waals surface area contributed by atoms with Crippen molar-refractivity contribution in [2.45, 2.75) is 6.92 Å². The van der Waals surface area contributed by atoms with Crippen LogP contribution in [-0.4, -0.2) is 23.9 Å². The summed E-state index contributed by atoms with van der Waals surface area (Å²) in [4.78, 5) is 29.0. The zero-order chi connectivity index (χ0) is 18.0. The molecule has 0 aliphatic heterocycles. The van der Waals surface area contributed by atoms with Crippen LogP contribution in [0.25, 0.3) is 10.8 Å². The van der Waals surface area contributed by atoms with Crippen molar-refractivity contribution in [2.75, 3.05) is 12.4 Å². The third-order valence-corrected chi connectivity index (χ3v) is 4.33. The number of benzene rings is 1. The molecule has 0 atom stereocenters. The molecule has 7 nitrogen and oxygen atoms in total. The highest BCUT2D eigenvalue weighted by molar-refractivity contribution is 7.13. The summed E-state index contributed by atoms with van der Waals surface area (Å²) >= 11 is 1.47. The Morgan fingerprint density at radius 3 is 2.76 bits per heavy atom. The maximum atomic E-state index is 12.6. The summed E-state index contributed by atoms with van der Waals surface area (Å²) < 4.78 is 10.8. The molecule has 3 rings (SSSR count). The van der Waals surface area contributed by atoms with Crippen LogP contribution in [0.1, 0.15) is 26.6 Å². The van der Waals surface area contributed by atoms with E-state index in [4.69, 9.17) is 14.9 Å². The first-order valence-electron chi connectivity index (χ1n) is 7.30. The monoisotopic (exact) mass is 357 g/mol. The van der Waals surface area contributed by atoms with Crippen LogP contribution < -0.4 is 15.8 Å². The molecule has 0 spiro atoms. The molecule has 0 aliphatic rings. The lowest BCUT2D eigenvalue weighted by molar-refractivity contribution is 0.0995. The van der Waals surface area contributed by atoms with Gasteiger partial charge in [0.25, 0.3) is 5.91 Å². The number of hydrogen-bond donors (Lipinski definition) is 2. The van der Waals surface area contributed by atoms with E-state index in [1.54, 1.807) is 13.0 Å². The number of rotatable bonds is 5. The molecule has 0 radical (unpaired) electrons. The predicted octanol–water partition coefficient (Wildman–Crippen LogP) is 3.07. The van der Waals surface area contributed by atoms with Crippen molar-refractivity contribution in [3.63, 3.8) is 0 Å². The van der Waals surface area contributed by atoms with E-state index in [1.807, 2.05) is 17.5 Å². The number of methoxy groups -OCH3 is 1. The van der Waals surface area contributed by atoms with Gasteiger partial charge in [-0.3, -0.25) is 9.59 Å². The number of oxazole rings is 1. The fourth-order valence-electron chi connectivity index (χ4n) is 2.25. The van der Waals surface area contributed by atoms with Gasteiger partial charge in [0.15, 0.2) is 5.69 Å². The molecule has 128 valence electrons. The Bertz CT molecular complexity index is 932. The number of hydrogen-bond acceptors (Lipinski definition) is 6. The molecule has 0 unspecified atom stereocenters. The van der Waals surface area contributed by atoms with Crippen molar-refractivity contribution in [1.29, 1.82) is 0 Å². The van der Waals surface area contributed by atoms with Crippen molar-refractivity contribution in [3.8, 4) is 16.5 Å². The number of ether oxygens (including phenoxy) is 1. The first-order chi connectivity index (χ1) is 12.0. The molecule has 0 saturated carbocycles. The molecule has 0 aliphatic carbocycles. The number of nitrogens with one attached hydrogen (secondary N) is 1. The Labute approximate surface area is 147 Å². The molecule has 3 N–H and O–H groups in total. The van der Waals surface area contributed by atoms with E-state index in [2.05, 4.69) is 10.3 Å². The zero-order valence-electron chi connectivity index (χ0n) is 13.5. The molecule has 2 amide bonds. The van der Waals surface area contributed by atoms with E-state index in [0.717, 1.165) is 4.88 Å². The van der Waals surface area contributed by atoms with Crippen molar-refractivity contribution in [1.82, 2.24) is 4.98 Å². The molecule has 0 saturated heterocycles. The fraction of sp³-hybridized carbons (Fsp3) is 0.118. The molecular weight excluding hydrogens is 342 g/mol. The first kappa shape index (κ1) is 16.7. The van der Waals surface area contributed by atoms with Gasteiger partial charge in [-0.05, 0) is 36.6 Å². The van der Waals surface area contributed by atoms with Crippen molar-refractivity contribution in [3.05, 3.63) is 52.7 Å². The number of thiophene rings is 1. The Kier molecular flexibility index (Phi) is 4.53. The minimum absolute atomic E-state index is 0.162. The van der Waals surface area contributed by atoms with Gasteiger partial charge in [-0.2, -0.15) is 0 Å². The molecule has 8 heteroatoms. The third-order valence-electron chi connectivity index (χ3n) is 3.48. The Morgan fingerprint density at radius 2 is 2.12 bits per heavy atom. The summed E-state index contributed by atoms with van der Waals surface area (Å²) in [5.41, 5.74) is 6.02. The molecular formula is C17H15N3O4S. The Hall–Kier alpha value is -3.13. The van der Waals surface area contributed by atoms with Crippen molar-refractivity contribution in [2.24, 2.45) is 5.73 Å². The maximum Gasteiger partial charge on any atom is 0.278 e. The molecule has 2 heterocycles. The van der Waals surface area contributed by atoms with Gasteiger partial charge in [-0.15, -0.1) is 11.3 Å². The number of aromatic nitrogens is 1. The van der Waals surface area contributed by atoms with Crippen LogP contribution in [0.4, 0.5) is 5.69 Å². The molecule has 0 bridgehead atoms. The normalized spacial score (nSPS) is 10.5. The minimum atomic E-state index is -0.601. The summed E-state index contributed by atoms with van der Waals surface area (Å²) in [5, 5.41) is 4.58. The minimum Gasteiger partial charge on any atom is -0.495 e. The summed E-state index contributed by atoms with van der Waals surface area (Å²) in [6.07, 6.45) is 0. The Morgan fingerprint density at radius 1 is 1.32 bits per heavy atom. The van der Waals surface area contributed by atoms with E-state index in [1.165, 1.54) is 30.6 Å². The topological polar surface area (TPSA) is 107 Å². The quantitative estimate of drug-likeness (QED) is 0.729. The van der Waals surface area contributed by atoms with Crippen molar-refractivity contribution >= 4 is 28.8 Å². The van der Waals surface area contributed by atoms with Gasteiger partial charge in [0.1, 0.15) is 11.5 Å². The number of anilines is 1. The highest BCUT2D eigenvalue weighted by atomic mass is 32.1. The second-order valence-electron chi connectivity index (χ2n) is 5.13. The van der Waals surface area contributed by atoms with E-state index >= 15 is 0 Å². The summed E-state index contributed by atoms with van der Waals surface area (Å²) in [6, 6.07) is 8.26. The molecule has 0 fully saturated rings. The number of carbonyl (C=O) groups is 2. The lowest BCUT2D eigenvalue weighted by atomic mass is 10.1. The summed E-state index contributed by atoms with van der Waals surface area (Å²) in [6.45, 7) is 1.66. The van der Waals surface area contributed by atoms with Crippen LogP contribution >= 0.6 is 11.3 Å². The van der Waals surface area contributed by atoms with Crippen molar-refractivity contribution < 1.29 is 18.7 Å². The average Bonchev–Trinajstić information content (AvgIpc) is 3.24. The van der Waals surface area contributed by atoms with Gasteiger partial charge in [0.05, 0.1) is 17.7 Å². The predicted molar refractivity (Wildman–Crippen MR) is 94.0 cm³/mol. The Balaban J connectivity index is 1.90. The second-order valence-corrected chi connectivity index (χ2v) is 6.08. The molecule has 3 aromatic rings. The van der Waals surface area contributed by atoms with Crippen LogP contribution in [0.15, 0.2) is 40.1 Å². The van der Waals surface area contributed by atoms with Crippen LogP contribution in [0.2, 0.25) is 0 Å². The standard InChI is InChI=1S/C17H15N3O4S/c1-9-14(20-17(24-9)13-4-3-7-25-13)16(22)19-11-8-10(15(18)21)5-6-12(11)23-2/h3-8H,1-2H3,(H2,18,21)(H,19,22). The smallest absolute Gasteiger partial charge is 0.278 e. The van der Waals surface area contributed by atoms with E-state index < -0.39 is 11.8 Å². The lowest BCUT2D eigenvalue weighted by Gasteiger charge is -2.10. The number of amides is 2. The van der Waals surface area contributed by atoms with Gasteiger partial charge in [0, 0.05) is 5.56 Å². The van der Waals surface area contributed by atoms with Gasteiger partial charge in [-0.1, -0.05) is 6.07 Å². The third kappa shape index (κ3) is 3.38. The average molecular weight is 357 g/mol. The number of carbonyl (C=O) groups excluding carboxylic acids is 2. The van der Waals surface area contributed by atoms with Gasteiger partial charge >= 0.3 is 0 Å². The SMILES string of the molecule is COc1ccc(C(N)=O)cc1NC(=O)c1nc(-c2cccs2)oc1C. The van der Waals surface area contributed by atoms with Crippen LogP contribution in [-0.2, 0) is 0 Å². The highest BCUT2D eigenvalue weighted by Crippen LogP contribution is 2.28.